The first kappa shape index (κ1) is 16.3. The molecule has 2 aromatic rings. The number of rotatable bonds is 5. The predicted molar refractivity (Wildman–Crippen MR) is 88.3 cm³/mol. The fraction of sp³-hybridized carbons (Fsp3) is 0.214. The van der Waals surface area contributed by atoms with Crippen LogP contribution in [-0.2, 0) is 7.05 Å². The van der Waals surface area contributed by atoms with Gasteiger partial charge in [0.25, 0.3) is 5.56 Å². The molecular weight excluding hydrogens is 327 g/mol. The molecule has 1 heterocycles. The van der Waals surface area contributed by atoms with E-state index in [0.29, 0.717) is 23.1 Å². The van der Waals surface area contributed by atoms with E-state index >= 15 is 0 Å². The van der Waals surface area contributed by atoms with Gasteiger partial charge in [0.05, 0.1) is 24.0 Å². The lowest BCUT2D eigenvalue weighted by Crippen LogP contribution is -2.20. The number of aryl methyl sites for hydroxylation is 1. The normalized spacial score (nSPS) is 10.9. The van der Waals surface area contributed by atoms with Crippen molar-refractivity contribution >= 4 is 35.1 Å². The van der Waals surface area contributed by atoms with Crippen molar-refractivity contribution in [1.29, 1.82) is 0 Å². The van der Waals surface area contributed by atoms with Gasteiger partial charge in [-0.1, -0.05) is 23.2 Å². The molecule has 1 aromatic heterocycles. The number of aromatic nitrogens is 2. The molecule has 0 fully saturated rings. The van der Waals surface area contributed by atoms with Crippen molar-refractivity contribution in [3.63, 3.8) is 0 Å². The van der Waals surface area contributed by atoms with Crippen LogP contribution >= 0.6 is 23.2 Å². The molecule has 0 radical (unpaired) electrons. The summed E-state index contributed by atoms with van der Waals surface area (Å²) < 4.78 is 6.49. The van der Waals surface area contributed by atoms with Crippen LogP contribution in [0.2, 0.25) is 10.0 Å². The van der Waals surface area contributed by atoms with Gasteiger partial charge in [-0.25, -0.2) is 4.68 Å². The molecule has 1 N–H and O–H groups in total. The molecule has 22 heavy (non-hydrogen) atoms. The third-order valence-electron chi connectivity index (χ3n) is 2.73. The molecule has 0 atom stereocenters. The molecule has 8 heteroatoms. The highest BCUT2D eigenvalue weighted by molar-refractivity contribution is 6.33. The van der Waals surface area contributed by atoms with Crippen LogP contribution in [0, 0.1) is 0 Å². The third kappa shape index (κ3) is 3.78. The monoisotopic (exact) mass is 340 g/mol. The lowest BCUT2D eigenvalue weighted by atomic mass is 10.2. The number of nitrogens with one attached hydrogen (secondary N) is 1. The Balaban J connectivity index is 2.12. The second-order valence-corrected chi connectivity index (χ2v) is 5.08. The van der Waals surface area contributed by atoms with Crippen LogP contribution in [-0.4, -0.2) is 22.6 Å². The largest absolute Gasteiger partial charge is 0.492 e. The van der Waals surface area contributed by atoms with Crippen LogP contribution in [0.3, 0.4) is 0 Å². The molecule has 2 rings (SSSR count). The van der Waals surface area contributed by atoms with E-state index in [9.17, 15) is 4.79 Å². The van der Waals surface area contributed by atoms with Crippen molar-refractivity contribution in [1.82, 2.24) is 9.78 Å². The second kappa shape index (κ2) is 7.29. The summed E-state index contributed by atoms with van der Waals surface area (Å²) in [6.07, 6.45) is 2.97. The Morgan fingerprint density at radius 2 is 2.23 bits per heavy atom. The zero-order chi connectivity index (χ0) is 16.1. The summed E-state index contributed by atoms with van der Waals surface area (Å²) in [5.41, 5.74) is 3.38. The average molecular weight is 341 g/mol. The van der Waals surface area contributed by atoms with Crippen LogP contribution < -0.4 is 15.7 Å². The van der Waals surface area contributed by atoms with Gasteiger partial charge in [-0.2, -0.15) is 10.2 Å². The molecule has 0 spiro atoms. The van der Waals surface area contributed by atoms with Crippen molar-refractivity contribution in [2.24, 2.45) is 12.1 Å². The topological polar surface area (TPSA) is 68.5 Å². The molecule has 1 aromatic carbocycles. The van der Waals surface area contributed by atoms with Crippen LogP contribution in [0.4, 0.5) is 5.69 Å². The first-order valence-electron chi connectivity index (χ1n) is 6.46. The standard InChI is InChI=1S/C14H14Cl2N4O2/c1-3-22-12-5-4-9(6-10(12)15)7-17-19-11-8-18-20(2)14(21)13(11)16/h4-8,19H,3H2,1-2H3/b17-7-. The highest BCUT2D eigenvalue weighted by Crippen LogP contribution is 2.24. The minimum Gasteiger partial charge on any atom is -0.492 e. The van der Waals surface area contributed by atoms with E-state index in [1.54, 1.807) is 18.3 Å². The number of hydrogen-bond donors (Lipinski definition) is 1. The average Bonchev–Trinajstić information content (AvgIpc) is 2.50. The number of nitrogens with zero attached hydrogens (tertiary/aromatic N) is 3. The fourth-order valence-electron chi connectivity index (χ4n) is 1.63. The number of ether oxygens (including phenoxy) is 1. The van der Waals surface area contributed by atoms with Gasteiger partial charge in [0, 0.05) is 7.05 Å². The summed E-state index contributed by atoms with van der Waals surface area (Å²) in [6.45, 7) is 2.43. The predicted octanol–water partition coefficient (Wildman–Crippen LogP) is 2.93. The molecule has 0 aliphatic heterocycles. The molecule has 0 unspecified atom stereocenters. The van der Waals surface area contributed by atoms with E-state index in [2.05, 4.69) is 15.6 Å². The van der Waals surface area contributed by atoms with Crippen molar-refractivity contribution in [2.75, 3.05) is 12.0 Å². The van der Waals surface area contributed by atoms with Gasteiger partial charge in [-0.3, -0.25) is 10.2 Å². The smallest absolute Gasteiger partial charge is 0.287 e. The van der Waals surface area contributed by atoms with Gasteiger partial charge < -0.3 is 4.74 Å². The van der Waals surface area contributed by atoms with E-state index in [4.69, 9.17) is 27.9 Å². The molecule has 0 amide bonds. The Kier molecular flexibility index (Phi) is 5.41. The fourth-order valence-corrected chi connectivity index (χ4v) is 2.09. The maximum Gasteiger partial charge on any atom is 0.287 e. The molecule has 0 saturated heterocycles. The summed E-state index contributed by atoms with van der Waals surface area (Å²) >= 11 is 12.0. The van der Waals surface area contributed by atoms with E-state index in [0.717, 1.165) is 10.2 Å². The van der Waals surface area contributed by atoms with E-state index < -0.39 is 5.56 Å². The summed E-state index contributed by atoms with van der Waals surface area (Å²) in [5, 5.41) is 8.40. The molecule has 6 nitrogen and oxygen atoms in total. The molecule has 0 aliphatic rings. The number of hydrogen-bond acceptors (Lipinski definition) is 5. The Labute approximate surface area is 137 Å². The molecule has 0 saturated carbocycles. The minimum absolute atomic E-state index is 0.0272. The zero-order valence-corrected chi connectivity index (χ0v) is 13.5. The van der Waals surface area contributed by atoms with Gasteiger partial charge in [0.1, 0.15) is 16.5 Å². The third-order valence-corrected chi connectivity index (χ3v) is 3.39. The van der Waals surface area contributed by atoms with E-state index in [-0.39, 0.29) is 5.02 Å². The Hall–Kier alpha value is -2.05. The summed E-state index contributed by atoms with van der Waals surface area (Å²) in [5.74, 6) is 0.619. The van der Waals surface area contributed by atoms with Crippen LogP contribution in [0.15, 0.2) is 34.3 Å². The Morgan fingerprint density at radius 1 is 1.45 bits per heavy atom. The maximum atomic E-state index is 11.6. The summed E-state index contributed by atoms with van der Waals surface area (Å²) in [7, 11) is 1.52. The number of halogens is 2. The summed E-state index contributed by atoms with van der Waals surface area (Å²) in [4.78, 5) is 11.6. The van der Waals surface area contributed by atoms with Crippen LogP contribution in [0.1, 0.15) is 12.5 Å². The highest BCUT2D eigenvalue weighted by atomic mass is 35.5. The molecule has 116 valence electrons. The number of benzene rings is 1. The highest BCUT2D eigenvalue weighted by Gasteiger charge is 2.06. The lowest BCUT2D eigenvalue weighted by molar-refractivity contribution is 0.340. The molecule has 0 aliphatic carbocycles. The van der Waals surface area contributed by atoms with Crippen molar-refractivity contribution < 1.29 is 4.74 Å². The van der Waals surface area contributed by atoms with Crippen LogP contribution in [0.5, 0.6) is 5.75 Å². The first-order valence-corrected chi connectivity index (χ1v) is 7.21. The summed E-state index contributed by atoms with van der Waals surface area (Å²) in [6, 6.07) is 5.30. The van der Waals surface area contributed by atoms with Crippen molar-refractivity contribution in [2.45, 2.75) is 6.92 Å². The van der Waals surface area contributed by atoms with Gasteiger partial charge in [-0.05, 0) is 30.7 Å². The van der Waals surface area contributed by atoms with Crippen molar-refractivity contribution in [3.8, 4) is 5.75 Å². The number of hydrazone groups is 1. The first-order chi connectivity index (χ1) is 10.5. The molecule has 0 bridgehead atoms. The van der Waals surface area contributed by atoms with Gasteiger partial charge in [-0.15, -0.1) is 0 Å². The van der Waals surface area contributed by atoms with Crippen LogP contribution in [0.25, 0.3) is 0 Å². The molecular formula is C14H14Cl2N4O2. The maximum absolute atomic E-state index is 11.6. The quantitative estimate of drug-likeness (QED) is 0.671. The van der Waals surface area contributed by atoms with Gasteiger partial charge in [0.2, 0.25) is 0 Å². The van der Waals surface area contributed by atoms with Gasteiger partial charge >= 0.3 is 0 Å². The lowest BCUT2D eigenvalue weighted by Gasteiger charge is -2.06. The zero-order valence-electron chi connectivity index (χ0n) is 12.0. The Bertz CT molecular complexity index is 759. The SMILES string of the molecule is CCOc1ccc(/C=N\Nc2cnn(C)c(=O)c2Cl)cc1Cl. The van der Waals surface area contributed by atoms with E-state index in [1.165, 1.54) is 13.2 Å². The van der Waals surface area contributed by atoms with E-state index in [1.807, 2.05) is 13.0 Å². The minimum atomic E-state index is -0.397. The number of anilines is 1. The Morgan fingerprint density at radius 3 is 2.91 bits per heavy atom. The van der Waals surface area contributed by atoms with Gasteiger partial charge in [0.15, 0.2) is 0 Å². The second-order valence-electron chi connectivity index (χ2n) is 4.29. The van der Waals surface area contributed by atoms with Crippen molar-refractivity contribution in [3.05, 3.63) is 50.4 Å².